The number of nitrogens with one attached hydrogen (secondary N) is 1. The fraction of sp³-hybridized carbons (Fsp3) is 0.294. The Kier molecular flexibility index (Phi) is 4.51. The lowest BCUT2D eigenvalue weighted by molar-refractivity contribution is 0.422. The summed E-state index contributed by atoms with van der Waals surface area (Å²) in [6.45, 7) is 0. The minimum absolute atomic E-state index is 0.167. The van der Waals surface area contributed by atoms with E-state index >= 15 is 0 Å². The van der Waals surface area contributed by atoms with Crippen LogP contribution >= 0.6 is 23.2 Å². The van der Waals surface area contributed by atoms with Crippen LogP contribution < -0.4 is 11.3 Å². The van der Waals surface area contributed by atoms with Gasteiger partial charge in [0.15, 0.2) is 0 Å². The molecule has 0 fully saturated rings. The van der Waals surface area contributed by atoms with Gasteiger partial charge in [0.05, 0.1) is 0 Å². The van der Waals surface area contributed by atoms with Crippen molar-refractivity contribution in [1.82, 2.24) is 5.43 Å². The first-order valence-corrected chi connectivity index (χ1v) is 7.91. The lowest BCUT2D eigenvalue weighted by Crippen LogP contribution is -2.39. The summed E-state index contributed by atoms with van der Waals surface area (Å²) in [5.74, 6) is 6.30. The lowest BCUT2D eigenvalue weighted by Gasteiger charge is -2.33. The highest BCUT2D eigenvalue weighted by Crippen LogP contribution is 2.38. The monoisotopic (exact) mass is 320 g/mol. The van der Waals surface area contributed by atoms with E-state index in [1.54, 1.807) is 0 Å². The number of benzene rings is 2. The molecule has 0 aliphatic heterocycles. The van der Waals surface area contributed by atoms with Crippen molar-refractivity contribution in [1.29, 1.82) is 0 Å². The lowest BCUT2D eigenvalue weighted by atomic mass is 9.74. The second-order valence-corrected chi connectivity index (χ2v) is 6.42. The second-order valence-electron chi connectivity index (χ2n) is 5.60. The van der Waals surface area contributed by atoms with E-state index in [2.05, 4.69) is 29.7 Å². The first kappa shape index (κ1) is 14.9. The van der Waals surface area contributed by atoms with E-state index < -0.39 is 0 Å². The zero-order valence-corrected chi connectivity index (χ0v) is 13.2. The molecule has 110 valence electrons. The van der Waals surface area contributed by atoms with E-state index in [9.17, 15) is 0 Å². The van der Waals surface area contributed by atoms with Gasteiger partial charge in [0.1, 0.15) is 0 Å². The van der Waals surface area contributed by atoms with Crippen molar-refractivity contribution in [2.45, 2.75) is 31.2 Å². The molecule has 0 saturated carbocycles. The summed E-state index contributed by atoms with van der Waals surface area (Å²) in [4.78, 5) is 0. The summed E-state index contributed by atoms with van der Waals surface area (Å²) in [6.07, 6.45) is 2.87. The number of hydrogen-bond acceptors (Lipinski definition) is 2. The first-order chi connectivity index (χ1) is 10.2. The molecular formula is C17H18Cl2N2. The smallest absolute Gasteiger partial charge is 0.0453 e. The van der Waals surface area contributed by atoms with Gasteiger partial charge in [-0.15, -0.1) is 0 Å². The zero-order valence-electron chi connectivity index (χ0n) is 11.7. The molecule has 0 spiro atoms. The van der Waals surface area contributed by atoms with Gasteiger partial charge >= 0.3 is 0 Å². The summed E-state index contributed by atoms with van der Waals surface area (Å²) in [5, 5.41) is 1.41. The van der Waals surface area contributed by atoms with Gasteiger partial charge in [-0.25, -0.2) is 0 Å². The Morgan fingerprint density at radius 2 is 1.81 bits per heavy atom. The van der Waals surface area contributed by atoms with Crippen LogP contribution in [0.4, 0.5) is 0 Å². The molecule has 0 saturated heterocycles. The molecule has 0 radical (unpaired) electrons. The second kappa shape index (κ2) is 6.37. The van der Waals surface area contributed by atoms with Gasteiger partial charge in [0.2, 0.25) is 0 Å². The average molecular weight is 321 g/mol. The van der Waals surface area contributed by atoms with Crippen LogP contribution in [0.3, 0.4) is 0 Å². The number of nitrogens with two attached hydrogens (primary N) is 1. The fourth-order valence-corrected chi connectivity index (χ4v) is 3.65. The van der Waals surface area contributed by atoms with Crippen molar-refractivity contribution in [2.24, 2.45) is 5.84 Å². The molecule has 3 rings (SSSR count). The zero-order chi connectivity index (χ0) is 14.8. The van der Waals surface area contributed by atoms with Crippen molar-refractivity contribution in [3.63, 3.8) is 0 Å². The highest BCUT2D eigenvalue weighted by Gasteiger charge is 2.28. The molecule has 21 heavy (non-hydrogen) atoms. The molecule has 2 atom stereocenters. The number of halogens is 2. The molecule has 1 aliphatic rings. The van der Waals surface area contributed by atoms with Crippen molar-refractivity contribution in [2.75, 3.05) is 0 Å². The van der Waals surface area contributed by atoms with Crippen LogP contribution in [0.25, 0.3) is 0 Å². The Morgan fingerprint density at radius 3 is 2.48 bits per heavy atom. The highest BCUT2D eigenvalue weighted by atomic mass is 35.5. The van der Waals surface area contributed by atoms with Crippen LogP contribution in [-0.4, -0.2) is 6.04 Å². The molecule has 1 aliphatic carbocycles. The van der Waals surface area contributed by atoms with Gasteiger partial charge in [0, 0.05) is 16.1 Å². The molecule has 2 unspecified atom stereocenters. The molecular weight excluding hydrogens is 303 g/mol. The van der Waals surface area contributed by atoms with E-state index in [0.717, 1.165) is 24.8 Å². The summed E-state index contributed by atoms with van der Waals surface area (Å²) >= 11 is 12.5. The van der Waals surface area contributed by atoms with E-state index in [4.69, 9.17) is 29.0 Å². The summed E-state index contributed by atoms with van der Waals surface area (Å²) in [6, 6.07) is 14.4. The average Bonchev–Trinajstić information content (AvgIpc) is 2.46. The third kappa shape index (κ3) is 3.09. The Bertz CT molecular complexity index is 622. The Labute approximate surface area is 135 Å². The van der Waals surface area contributed by atoms with Crippen LogP contribution in [0.5, 0.6) is 0 Å². The largest absolute Gasteiger partial charge is 0.271 e. The fourth-order valence-electron chi connectivity index (χ4n) is 3.10. The molecule has 4 heteroatoms. The predicted octanol–water partition coefficient (Wildman–Crippen LogP) is 4.10. The molecule has 3 N–H and O–H groups in total. The summed E-state index contributed by atoms with van der Waals surface area (Å²) in [7, 11) is 0. The van der Waals surface area contributed by atoms with Gasteiger partial charge in [-0.3, -0.25) is 11.3 Å². The molecule has 2 aromatic carbocycles. The number of fused-ring (bicyclic) bond motifs is 1. The number of hydrogen-bond donors (Lipinski definition) is 2. The van der Waals surface area contributed by atoms with Gasteiger partial charge in [0.25, 0.3) is 0 Å². The Balaban J connectivity index is 1.70. The van der Waals surface area contributed by atoms with Crippen LogP contribution in [0.2, 0.25) is 10.0 Å². The summed E-state index contributed by atoms with van der Waals surface area (Å²) in [5.41, 5.74) is 6.79. The van der Waals surface area contributed by atoms with Crippen LogP contribution in [0, 0.1) is 0 Å². The maximum absolute atomic E-state index is 6.24. The van der Waals surface area contributed by atoms with Gasteiger partial charge in [-0.2, -0.15) is 0 Å². The highest BCUT2D eigenvalue weighted by molar-refractivity contribution is 6.36. The topological polar surface area (TPSA) is 38.0 Å². The quantitative estimate of drug-likeness (QED) is 0.643. The summed E-state index contributed by atoms with van der Waals surface area (Å²) < 4.78 is 0. The normalized spacial score (nSPS) is 18.0. The van der Waals surface area contributed by atoms with Crippen molar-refractivity contribution < 1.29 is 0 Å². The van der Waals surface area contributed by atoms with Gasteiger partial charge in [-0.1, -0.05) is 53.5 Å². The molecule has 0 aromatic heterocycles. The van der Waals surface area contributed by atoms with E-state index in [1.165, 1.54) is 11.1 Å². The van der Waals surface area contributed by atoms with Crippen LogP contribution in [-0.2, 0) is 12.8 Å². The third-order valence-electron chi connectivity index (χ3n) is 4.28. The SMILES string of the molecule is NNC(Cc1c(Cl)cccc1Cl)CC1Cc2ccccc21. The molecule has 2 aromatic rings. The van der Waals surface area contributed by atoms with Gasteiger partial charge < -0.3 is 0 Å². The minimum Gasteiger partial charge on any atom is -0.271 e. The van der Waals surface area contributed by atoms with Crippen molar-refractivity contribution in [3.05, 3.63) is 69.2 Å². The van der Waals surface area contributed by atoms with Crippen LogP contribution in [0.1, 0.15) is 29.0 Å². The molecule has 2 nitrogen and oxygen atoms in total. The molecule has 0 bridgehead atoms. The number of hydrazine groups is 1. The molecule has 0 heterocycles. The minimum atomic E-state index is 0.167. The van der Waals surface area contributed by atoms with E-state index in [1.807, 2.05) is 18.2 Å². The Hall–Kier alpha value is -1.06. The van der Waals surface area contributed by atoms with Crippen molar-refractivity contribution in [3.8, 4) is 0 Å². The predicted molar refractivity (Wildman–Crippen MR) is 88.8 cm³/mol. The van der Waals surface area contributed by atoms with Crippen molar-refractivity contribution >= 4 is 23.2 Å². The maximum atomic E-state index is 6.24. The van der Waals surface area contributed by atoms with Gasteiger partial charge in [-0.05, 0) is 54.0 Å². The van der Waals surface area contributed by atoms with E-state index in [-0.39, 0.29) is 6.04 Å². The number of rotatable bonds is 5. The first-order valence-electron chi connectivity index (χ1n) is 7.16. The molecule has 0 amide bonds. The third-order valence-corrected chi connectivity index (χ3v) is 4.99. The van der Waals surface area contributed by atoms with E-state index in [0.29, 0.717) is 16.0 Å². The maximum Gasteiger partial charge on any atom is 0.0453 e. The standard InChI is InChI=1S/C17H18Cl2N2/c18-16-6-3-7-17(19)15(16)10-13(21-20)9-12-8-11-4-1-2-5-14(11)12/h1-7,12-13,21H,8-10,20H2. The Morgan fingerprint density at radius 1 is 1.10 bits per heavy atom. The van der Waals surface area contributed by atoms with Crippen LogP contribution in [0.15, 0.2) is 42.5 Å².